The molecule has 3 heterocycles. The average molecular weight is 390 g/mol. The molecule has 2 saturated heterocycles. The fourth-order valence-electron chi connectivity index (χ4n) is 2.98. The molecule has 2 bridgehead atoms. The summed E-state index contributed by atoms with van der Waals surface area (Å²) in [7, 11) is 0. The fourth-order valence-corrected chi connectivity index (χ4v) is 4.87. The molecule has 1 unspecified atom stereocenters. The summed E-state index contributed by atoms with van der Waals surface area (Å²) in [6.45, 7) is 1.58. The van der Waals surface area contributed by atoms with Gasteiger partial charge in [0.25, 0.3) is 0 Å². The van der Waals surface area contributed by atoms with Crippen molar-refractivity contribution in [3.05, 3.63) is 21.5 Å². The number of fused-ring (bicyclic) bond motifs is 3. The van der Waals surface area contributed by atoms with Crippen LogP contribution in [0.25, 0.3) is 10.2 Å². The minimum atomic E-state index is -0.185. The highest BCUT2D eigenvalue weighted by atomic mass is 127. The first-order valence-corrected chi connectivity index (χ1v) is 8.24. The number of benzene rings is 1. The van der Waals surface area contributed by atoms with Crippen molar-refractivity contribution in [2.45, 2.75) is 24.9 Å². The topological polar surface area (TPSA) is 25.4 Å². The molecule has 1 aromatic heterocycles. The molecule has 19 heavy (non-hydrogen) atoms. The number of aromatic nitrogens is 1. The molecule has 6 heteroatoms. The van der Waals surface area contributed by atoms with E-state index in [9.17, 15) is 4.39 Å². The van der Waals surface area contributed by atoms with Gasteiger partial charge in [0.2, 0.25) is 0 Å². The lowest BCUT2D eigenvalue weighted by Crippen LogP contribution is -2.45. The van der Waals surface area contributed by atoms with Gasteiger partial charge in [0.15, 0.2) is 5.13 Å². The molecule has 2 atom stereocenters. The van der Waals surface area contributed by atoms with E-state index < -0.39 is 0 Å². The number of morpholine rings is 1. The zero-order valence-electron chi connectivity index (χ0n) is 10.1. The van der Waals surface area contributed by atoms with Crippen LogP contribution in [-0.4, -0.2) is 30.3 Å². The van der Waals surface area contributed by atoms with Crippen LogP contribution < -0.4 is 4.90 Å². The minimum Gasteiger partial charge on any atom is -0.377 e. The van der Waals surface area contributed by atoms with E-state index in [-0.39, 0.29) is 5.82 Å². The van der Waals surface area contributed by atoms with Gasteiger partial charge in [-0.05, 0) is 47.6 Å². The van der Waals surface area contributed by atoms with E-state index in [1.54, 1.807) is 11.3 Å². The quantitative estimate of drug-likeness (QED) is 0.698. The molecule has 0 N–H and O–H groups in total. The van der Waals surface area contributed by atoms with Crippen molar-refractivity contribution in [2.75, 3.05) is 18.1 Å². The molecular formula is C13H12FIN2OS. The Hall–Kier alpha value is -0.470. The molecule has 2 aromatic rings. The first-order chi connectivity index (χ1) is 9.24. The van der Waals surface area contributed by atoms with E-state index in [4.69, 9.17) is 4.74 Å². The summed E-state index contributed by atoms with van der Waals surface area (Å²) in [6, 6.07) is 4.25. The van der Waals surface area contributed by atoms with Crippen LogP contribution in [0.1, 0.15) is 12.8 Å². The number of nitrogens with zero attached hydrogens (tertiary/aromatic N) is 2. The van der Waals surface area contributed by atoms with E-state index in [1.165, 1.54) is 18.9 Å². The van der Waals surface area contributed by atoms with E-state index in [2.05, 4.69) is 9.88 Å². The van der Waals surface area contributed by atoms with Crippen molar-refractivity contribution < 1.29 is 9.13 Å². The largest absolute Gasteiger partial charge is 0.377 e. The van der Waals surface area contributed by atoms with Gasteiger partial charge in [0.1, 0.15) is 5.82 Å². The van der Waals surface area contributed by atoms with Crippen molar-refractivity contribution in [1.82, 2.24) is 4.98 Å². The van der Waals surface area contributed by atoms with Crippen LogP contribution in [0.15, 0.2) is 12.1 Å². The maximum atomic E-state index is 13.6. The van der Waals surface area contributed by atoms with Gasteiger partial charge in [0, 0.05) is 0 Å². The third-order valence-electron chi connectivity index (χ3n) is 3.90. The van der Waals surface area contributed by atoms with Gasteiger partial charge in [-0.2, -0.15) is 0 Å². The number of hydrogen-bond donors (Lipinski definition) is 0. The molecule has 2 aliphatic heterocycles. The van der Waals surface area contributed by atoms with Crippen molar-refractivity contribution >= 4 is 49.3 Å². The van der Waals surface area contributed by atoms with Crippen molar-refractivity contribution in [2.24, 2.45) is 0 Å². The molecule has 0 spiro atoms. The van der Waals surface area contributed by atoms with Crippen LogP contribution >= 0.6 is 33.9 Å². The molecule has 3 nitrogen and oxygen atoms in total. The first-order valence-electron chi connectivity index (χ1n) is 6.34. The predicted molar refractivity (Wildman–Crippen MR) is 82.4 cm³/mol. The maximum absolute atomic E-state index is 13.6. The van der Waals surface area contributed by atoms with E-state index in [0.717, 1.165) is 28.6 Å². The molecule has 0 radical (unpaired) electrons. The minimum absolute atomic E-state index is 0.185. The normalized spacial score (nSPS) is 26.3. The molecule has 0 saturated carbocycles. The Bertz CT molecular complexity index is 631. The third-order valence-corrected chi connectivity index (χ3v) is 5.96. The van der Waals surface area contributed by atoms with E-state index in [0.29, 0.717) is 15.7 Å². The second-order valence-electron chi connectivity index (χ2n) is 5.03. The second kappa shape index (κ2) is 4.53. The zero-order valence-corrected chi connectivity index (χ0v) is 13.1. The maximum Gasteiger partial charge on any atom is 0.187 e. The molecule has 2 fully saturated rings. The Kier molecular flexibility index (Phi) is 2.93. The average Bonchev–Trinajstić information content (AvgIpc) is 2.93. The molecule has 4 rings (SSSR count). The smallest absolute Gasteiger partial charge is 0.187 e. The lowest BCUT2D eigenvalue weighted by atomic mass is 10.2. The molecule has 0 aliphatic carbocycles. The second-order valence-corrected chi connectivity index (χ2v) is 7.12. The highest BCUT2D eigenvalue weighted by Gasteiger charge is 2.39. The Morgan fingerprint density at radius 3 is 2.79 bits per heavy atom. The number of ether oxygens (including phenoxy) is 1. The van der Waals surface area contributed by atoms with Crippen LogP contribution in [0.4, 0.5) is 9.52 Å². The summed E-state index contributed by atoms with van der Waals surface area (Å²) in [5, 5.41) is 1.02. The Morgan fingerprint density at radius 1 is 1.32 bits per heavy atom. The summed E-state index contributed by atoms with van der Waals surface area (Å²) in [6.07, 6.45) is 2.35. The van der Waals surface area contributed by atoms with Crippen LogP contribution in [0, 0.1) is 9.39 Å². The Labute approximate surface area is 127 Å². The van der Waals surface area contributed by atoms with Crippen LogP contribution in [0.2, 0.25) is 0 Å². The summed E-state index contributed by atoms with van der Waals surface area (Å²) < 4.78 is 20.9. The summed E-state index contributed by atoms with van der Waals surface area (Å²) in [4.78, 5) is 7.07. The van der Waals surface area contributed by atoms with Crippen molar-refractivity contribution in [3.63, 3.8) is 0 Å². The third kappa shape index (κ3) is 1.87. The van der Waals surface area contributed by atoms with Gasteiger partial charge in [-0.15, -0.1) is 0 Å². The van der Waals surface area contributed by atoms with Gasteiger partial charge in [-0.3, -0.25) is 0 Å². The Balaban J connectivity index is 1.82. The van der Waals surface area contributed by atoms with Gasteiger partial charge < -0.3 is 9.64 Å². The lowest BCUT2D eigenvalue weighted by molar-refractivity contribution is 0.0906. The molecular weight excluding hydrogens is 378 g/mol. The van der Waals surface area contributed by atoms with Gasteiger partial charge in [0.05, 0.1) is 39.1 Å². The molecule has 1 aromatic carbocycles. The fraction of sp³-hybridized carbons (Fsp3) is 0.462. The number of anilines is 1. The summed E-state index contributed by atoms with van der Waals surface area (Å²) >= 11 is 3.70. The van der Waals surface area contributed by atoms with Gasteiger partial charge in [-0.25, -0.2) is 9.37 Å². The SMILES string of the molecule is Fc1ccc2sc(N3C4CC[C@H]3COC4)nc2c1I. The number of hydrogen-bond acceptors (Lipinski definition) is 4. The first kappa shape index (κ1) is 12.3. The highest BCUT2D eigenvalue weighted by molar-refractivity contribution is 14.1. The number of rotatable bonds is 1. The van der Waals surface area contributed by atoms with Crippen molar-refractivity contribution in [3.8, 4) is 0 Å². The molecule has 0 amide bonds. The lowest BCUT2D eigenvalue weighted by Gasteiger charge is -2.34. The van der Waals surface area contributed by atoms with Crippen molar-refractivity contribution in [1.29, 1.82) is 0 Å². The van der Waals surface area contributed by atoms with Crippen LogP contribution in [0.3, 0.4) is 0 Å². The molecule has 2 aliphatic rings. The monoisotopic (exact) mass is 390 g/mol. The highest BCUT2D eigenvalue weighted by Crippen LogP contribution is 2.39. The summed E-state index contributed by atoms with van der Waals surface area (Å²) in [5.41, 5.74) is 0.798. The zero-order chi connectivity index (χ0) is 13.0. The summed E-state index contributed by atoms with van der Waals surface area (Å²) in [5.74, 6) is -0.185. The number of thiazole rings is 1. The van der Waals surface area contributed by atoms with E-state index in [1.807, 2.05) is 28.7 Å². The van der Waals surface area contributed by atoms with E-state index >= 15 is 0 Å². The van der Waals surface area contributed by atoms with Crippen LogP contribution in [-0.2, 0) is 4.74 Å². The Morgan fingerprint density at radius 2 is 2.05 bits per heavy atom. The van der Waals surface area contributed by atoms with Gasteiger partial charge in [-0.1, -0.05) is 11.3 Å². The van der Waals surface area contributed by atoms with Crippen LogP contribution in [0.5, 0.6) is 0 Å². The standard InChI is InChI=1S/C13H12FIN2OS/c14-9-3-4-10-12(11(9)15)16-13(19-10)17-7-1-2-8(17)6-18-5-7/h3-4,7-8H,1-2,5-6H2/t7-,8?/m0/s1. The molecule has 100 valence electrons. The predicted octanol–water partition coefficient (Wildman–Crippen LogP) is 3.41. The number of halogens is 2. The van der Waals surface area contributed by atoms with Gasteiger partial charge >= 0.3 is 0 Å².